The summed E-state index contributed by atoms with van der Waals surface area (Å²) in [5.41, 5.74) is 1.67. The number of hydrogen-bond donors (Lipinski definition) is 2. The zero-order valence-electron chi connectivity index (χ0n) is 15.9. The van der Waals surface area contributed by atoms with Gasteiger partial charge in [0.2, 0.25) is 5.91 Å². The van der Waals surface area contributed by atoms with Gasteiger partial charge in [0, 0.05) is 25.3 Å². The number of ether oxygens (including phenoxy) is 1. The quantitative estimate of drug-likeness (QED) is 0.826. The maximum absolute atomic E-state index is 14.0. The van der Waals surface area contributed by atoms with Crippen molar-refractivity contribution in [1.82, 2.24) is 4.90 Å². The van der Waals surface area contributed by atoms with E-state index < -0.39 is 11.8 Å². The molecular weight excluding hydrogens is 377 g/mol. The highest BCUT2D eigenvalue weighted by Crippen LogP contribution is 2.48. The predicted molar refractivity (Wildman–Crippen MR) is 105 cm³/mol. The topological polar surface area (TPSA) is 82.1 Å². The van der Waals surface area contributed by atoms with E-state index in [2.05, 4.69) is 5.32 Å². The van der Waals surface area contributed by atoms with E-state index in [1.54, 1.807) is 17.0 Å². The van der Waals surface area contributed by atoms with Crippen LogP contribution in [-0.2, 0) is 9.53 Å². The Labute approximate surface area is 167 Å². The lowest BCUT2D eigenvalue weighted by Gasteiger charge is -2.58. The van der Waals surface area contributed by atoms with Crippen molar-refractivity contribution < 1.29 is 23.8 Å². The number of urea groups is 1. The molecule has 0 aliphatic carbocycles. The van der Waals surface area contributed by atoms with Gasteiger partial charge in [-0.05, 0) is 23.8 Å². The van der Waals surface area contributed by atoms with Gasteiger partial charge in [-0.1, -0.05) is 30.3 Å². The highest BCUT2D eigenvalue weighted by molar-refractivity contribution is 6.03. The number of benzene rings is 2. The van der Waals surface area contributed by atoms with E-state index in [1.165, 1.54) is 24.1 Å². The summed E-state index contributed by atoms with van der Waals surface area (Å²) in [5, 5.41) is 12.5. The van der Waals surface area contributed by atoms with Crippen LogP contribution in [0.3, 0.4) is 0 Å². The maximum Gasteiger partial charge on any atom is 0.326 e. The molecule has 0 radical (unpaired) electrons. The van der Waals surface area contributed by atoms with E-state index in [0.29, 0.717) is 5.69 Å². The molecule has 4 rings (SSSR count). The lowest BCUT2D eigenvalue weighted by atomic mass is 9.72. The van der Waals surface area contributed by atoms with Crippen LogP contribution in [0.2, 0.25) is 0 Å². The molecule has 1 saturated heterocycles. The summed E-state index contributed by atoms with van der Waals surface area (Å²) in [4.78, 5) is 28.6. The number of carbonyl (C=O) groups excluding carboxylic acids is 2. The molecule has 0 bridgehead atoms. The lowest BCUT2D eigenvalue weighted by Crippen LogP contribution is -2.71. The van der Waals surface area contributed by atoms with E-state index in [1.807, 2.05) is 24.3 Å². The normalized spacial score (nSPS) is 22.4. The average Bonchev–Trinajstić information content (AvgIpc) is 2.70. The molecule has 2 aromatic rings. The Kier molecular flexibility index (Phi) is 5.21. The molecule has 1 fully saturated rings. The van der Waals surface area contributed by atoms with Gasteiger partial charge in [0.15, 0.2) is 0 Å². The summed E-state index contributed by atoms with van der Waals surface area (Å²) in [6.45, 7) is -0.0247. The van der Waals surface area contributed by atoms with Crippen molar-refractivity contribution in [3.8, 4) is 0 Å². The lowest BCUT2D eigenvalue weighted by molar-refractivity contribution is -0.154. The van der Waals surface area contributed by atoms with Crippen molar-refractivity contribution in [2.75, 3.05) is 37.1 Å². The Morgan fingerprint density at radius 2 is 1.93 bits per heavy atom. The summed E-state index contributed by atoms with van der Waals surface area (Å²) in [5.74, 6) is -0.832. The highest BCUT2D eigenvalue weighted by atomic mass is 19.1. The summed E-state index contributed by atoms with van der Waals surface area (Å²) in [6.07, 6.45) is 0. The molecule has 2 aromatic carbocycles. The number of aliphatic hydroxyl groups is 1. The Morgan fingerprint density at radius 1 is 1.21 bits per heavy atom. The first kappa shape index (κ1) is 19.4. The van der Waals surface area contributed by atoms with Gasteiger partial charge in [-0.2, -0.15) is 0 Å². The third-order valence-electron chi connectivity index (χ3n) is 5.60. The fraction of sp³-hybridized carbons (Fsp3) is 0.333. The third kappa shape index (κ3) is 3.24. The number of amides is 3. The second kappa shape index (κ2) is 7.81. The number of fused-ring (bicyclic) bond motifs is 3. The number of methoxy groups -OCH3 is 1. The van der Waals surface area contributed by atoms with Gasteiger partial charge >= 0.3 is 6.03 Å². The summed E-state index contributed by atoms with van der Waals surface area (Å²) < 4.78 is 18.9. The Hall–Kier alpha value is -2.97. The van der Waals surface area contributed by atoms with Crippen LogP contribution < -0.4 is 10.2 Å². The zero-order chi connectivity index (χ0) is 20.5. The number of nitrogens with zero attached hydrogens (tertiary/aromatic N) is 2. The van der Waals surface area contributed by atoms with Crippen LogP contribution in [0, 0.1) is 5.82 Å². The number of hydrogen-bond acceptors (Lipinski definition) is 4. The van der Waals surface area contributed by atoms with E-state index >= 15 is 0 Å². The third-order valence-corrected chi connectivity index (χ3v) is 5.60. The molecule has 2 aliphatic rings. The fourth-order valence-electron chi connectivity index (χ4n) is 4.37. The number of anilines is 2. The SMILES string of the molecule is COCC(=O)N1[C@H](CO)[C@H]2c3ccccc3N(C(=O)Nc3ccccc3F)C[C@H]21. The zero-order valence-corrected chi connectivity index (χ0v) is 15.9. The first-order chi connectivity index (χ1) is 14.1. The molecule has 0 aromatic heterocycles. The van der Waals surface area contributed by atoms with Gasteiger partial charge in [-0.3, -0.25) is 9.69 Å². The second-order valence-corrected chi connectivity index (χ2v) is 7.16. The predicted octanol–water partition coefficient (Wildman–Crippen LogP) is 2.18. The number of carbonyl (C=O) groups is 2. The Bertz CT molecular complexity index is 938. The highest BCUT2D eigenvalue weighted by Gasteiger charge is 2.55. The molecule has 3 atom stereocenters. The van der Waals surface area contributed by atoms with Crippen LogP contribution in [0.4, 0.5) is 20.6 Å². The summed E-state index contributed by atoms with van der Waals surface area (Å²) in [7, 11) is 1.44. The van der Waals surface area contributed by atoms with Gasteiger partial charge < -0.3 is 20.1 Å². The number of nitrogens with one attached hydrogen (secondary N) is 1. The number of para-hydroxylation sites is 2. The Morgan fingerprint density at radius 3 is 2.66 bits per heavy atom. The van der Waals surface area contributed by atoms with E-state index in [9.17, 15) is 19.1 Å². The molecule has 8 heteroatoms. The molecule has 0 unspecified atom stereocenters. The van der Waals surface area contributed by atoms with Crippen molar-refractivity contribution in [2.24, 2.45) is 0 Å². The van der Waals surface area contributed by atoms with E-state index in [4.69, 9.17) is 4.74 Å². The molecule has 0 saturated carbocycles. The van der Waals surface area contributed by atoms with Gasteiger partial charge in [0.1, 0.15) is 12.4 Å². The Balaban J connectivity index is 1.65. The van der Waals surface area contributed by atoms with Crippen LogP contribution >= 0.6 is 0 Å². The summed E-state index contributed by atoms with van der Waals surface area (Å²) >= 11 is 0. The minimum atomic E-state index is -0.523. The van der Waals surface area contributed by atoms with Crippen LogP contribution in [0.25, 0.3) is 0 Å². The number of likely N-dealkylation sites (tertiary alicyclic amines) is 1. The molecular formula is C21H22FN3O4. The van der Waals surface area contributed by atoms with E-state index in [-0.39, 0.29) is 49.4 Å². The molecule has 2 heterocycles. The van der Waals surface area contributed by atoms with Gasteiger partial charge in [0.25, 0.3) is 0 Å². The van der Waals surface area contributed by atoms with Crippen molar-refractivity contribution >= 4 is 23.3 Å². The minimum absolute atomic E-state index is 0.0745. The standard InChI is InChI=1S/C21H22FN3O4/c1-29-12-19(27)25-17-10-24(21(28)23-15-8-4-3-7-14(15)22)16-9-5-2-6-13(16)20(17)18(25)11-26/h2-9,17-18,20,26H,10-12H2,1H3,(H,23,28)/t17-,18-,20+/m1/s1. The average molecular weight is 399 g/mol. The van der Waals surface area contributed by atoms with Crippen LogP contribution in [0.15, 0.2) is 48.5 Å². The van der Waals surface area contributed by atoms with Crippen molar-refractivity contribution in [3.05, 3.63) is 59.9 Å². The molecule has 152 valence electrons. The molecule has 7 nitrogen and oxygen atoms in total. The number of halogens is 1. The molecule has 29 heavy (non-hydrogen) atoms. The van der Waals surface area contributed by atoms with Crippen molar-refractivity contribution in [2.45, 2.75) is 18.0 Å². The number of aliphatic hydroxyl groups excluding tert-OH is 1. The van der Waals surface area contributed by atoms with E-state index in [0.717, 1.165) is 5.56 Å². The first-order valence-electron chi connectivity index (χ1n) is 9.39. The van der Waals surface area contributed by atoms with Crippen molar-refractivity contribution in [3.63, 3.8) is 0 Å². The number of rotatable bonds is 4. The molecule has 3 amide bonds. The van der Waals surface area contributed by atoms with Crippen LogP contribution in [-0.4, -0.2) is 60.9 Å². The van der Waals surface area contributed by atoms with Gasteiger partial charge in [-0.15, -0.1) is 0 Å². The molecule has 2 aliphatic heterocycles. The van der Waals surface area contributed by atoms with Crippen molar-refractivity contribution in [1.29, 1.82) is 0 Å². The second-order valence-electron chi connectivity index (χ2n) is 7.16. The fourth-order valence-corrected chi connectivity index (χ4v) is 4.37. The molecule has 0 spiro atoms. The van der Waals surface area contributed by atoms with Gasteiger partial charge in [-0.25, -0.2) is 9.18 Å². The van der Waals surface area contributed by atoms with Gasteiger partial charge in [0.05, 0.1) is 24.4 Å². The molecule has 2 N–H and O–H groups in total. The smallest absolute Gasteiger partial charge is 0.326 e. The van der Waals surface area contributed by atoms with Crippen LogP contribution in [0.5, 0.6) is 0 Å². The first-order valence-corrected chi connectivity index (χ1v) is 9.39. The van der Waals surface area contributed by atoms with Crippen LogP contribution in [0.1, 0.15) is 11.5 Å². The maximum atomic E-state index is 14.0. The largest absolute Gasteiger partial charge is 0.394 e. The minimum Gasteiger partial charge on any atom is -0.394 e. The monoisotopic (exact) mass is 399 g/mol. The summed E-state index contributed by atoms with van der Waals surface area (Å²) in [6, 6.07) is 12.2.